The number of carbonyl (C=O) groups excluding carboxylic acids is 2. The van der Waals surface area contributed by atoms with Crippen molar-refractivity contribution < 1.29 is 18.4 Å². The molecule has 0 radical (unpaired) electrons. The van der Waals surface area contributed by atoms with Crippen molar-refractivity contribution in [1.29, 1.82) is 0 Å². The van der Waals surface area contributed by atoms with Crippen LogP contribution in [0.4, 0.5) is 14.5 Å². The van der Waals surface area contributed by atoms with Crippen LogP contribution in [0.2, 0.25) is 0 Å². The lowest BCUT2D eigenvalue weighted by atomic mass is 10.1. The first-order chi connectivity index (χ1) is 16.8. The highest BCUT2D eigenvalue weighted by molar-refractivity contribution is 8.00. The number of anilines is 1. The minimum absolute atomic E-state index is 0.0565. The van der Waals surface area contributed by atoms with Crippen LogP contribution in [0, 0.1) is 25.5 Å². The maximum atomic E-state index is 13.8. The zero-order chi connectivity index (χ0) is 24.9. The number of nitrogens with zero attached hydrogens (tertiary/aromatic N) is 1. The van der Waals surface area contributed by atoms with Crippen LogP contribution < -0.4 is 10.6 Å². The molecule has 0 fully saturated rings. The van der Waals surface area contributed by atoms with Gasteiger partial charge in [0.1, 0.15) is 11.6 Å². The molecule has 4 aromatic rings. The maximum Gasteiger partial charge on any atom is 0.251 e. The van der Waals surface area contributed by atoms with Crippen LogP contribution in [0.3, 0.4) is 0 Å². The highest BCUT2D eigenvalue weighted by Gasteiger charge is 2.13. The topological polar surface area (TPSA) is 63.1 Å². The standard InChI is InChI=1S/C27H25F2N3O2S/c1-17-11-18(2)13-19(12-17)27(34)30-9-10-32-15-25(21-5-3-4-6-24(21)32)35-16-26(33)31-23-8-7-20(28)14-22(23)29/h3-8,11-15H,9-10,16H2,1-2H3,(H,30,34)(H,31,33). The Morgan fingerprint density at radius 1 is 0.971 bits per heavy atom. The van der Waals surface area contributed by atoms with E-state index >= 15 is 0 Å². The summed E-state index contributed by atoms with van der Waals surface area (Å²) in [6.45, 7) is 4.93. The van der Waals surface area contributed by atoms with Crippen molar-refractivity contribution in [3.63, 3.8) is 0 Å². The molecule has 4 rings (SSSR count). The monoisotopic (exact) mass is 493 g/mol. The fourth-order valence-corrected chi connectivity index (χ4v) is 4.82. The molecule has 2 N–H and O–H groups in total. The van der Waals surface area contributed by atoms with Gasteiger partial charge in [0.25, 0.3) is 5.91 Å². The van der Waals surface area contributed by atoms with Crippen molar-refractivity contribution in [1.82, 2.24) is 9.88 Å². The van der Waals surface area contributed by atoms with E-state index < -0.39 is 17.5 Å². The summed E-state index contributed by atoms with van der Waals surface area (Å²) in [5, 5.41) is 6.43. The summed E-state index contributed by atoms with van der Waals surface area (Å²) in [5.74, 6) is -1.96. The van der Waals surface area contributed by atoms with Crippen molar-refractivity contribution in [3.8, 4) is 0 Å². The Morgan fingerprint density at radius 2 is 1.71 bits per heavy atom. The van der Waals surface area contributed by atoms with E-state index in [0.717, 1.165) is 39.1 Å². The van der Waals surface area contributed by atoms with Gasteiger partial charge in [0.2, 0.25) is 5.91 Å². The molecule has 3 aromatic carbocycles. The van der Waals surface area contributed by atoms with Crippen LogP contribution in [0.15, 0.2) is 71.8 Å². The number of fused-ring (bicyclic) bond motifs is 1. The minimum atomic E-state index is -0.817. The van der Waals surface area contributed by atoms with E-state index in [0.29, 0.717) is 18.7 Å². The molecule has 0 unspecified atom stereocenters. The molecule has 8 heteroatoms. The molecule has 0 atom stereocenters. The Bertz CT molecular complexity index is 1380. The van der Waals surface area contributed by atoms with Gasteiger partial charge >= 0.3 is 0 Å². The van der Waals surface area contributed by atoms with Gasteiger partial charge in [0.05, 0.1) is 11.4 Å². The number of benzene rings is 3. The van der Waals surface area contributed by atoms with Crippen molar-refractivity contribution >= 4 is 40.2 Å². The molecule has 1 heterocycles. The van der Waals surface area contributed by atoms with Gasteiger partial charge in [-0.1, -0.05) is 35.4 Å². The fraction of sp³-hybridized carbons (Fsp3) is 0.185. The van der Waals surface area contributed by atoms with Gasteiger partial charge in [0, 0.05) is 46.7 Å². The second-order valence-electron chi connectivity index (χ2n) is 8.30. The van der Waals surface area contributed by atoms with Crippen LogP contribution in [0.1, 0.15) is 21.5 Å². The number of rotatable bonds is 8. The summed E-state index contributed by atoms with van der Waals surface area (Å²) < 4.78 is 28.9. The molecule has 5 nitrogen and oxygen atoms in total. The Labute approximate surface area is 206 Å². The highest BCUT2D eigenvalue weighted by atomic mass is 32.2. The Hall–Kier alpha value is -3.65. The van der Waals surface area contributed by atoms with Crippen LogP contribution in [-0.4, -0.2) is 28.7 Å². The quantitative estimate of drug-likeness (QED) is 0.310. The van der Waals surface area contributed by atoms with E-state index in [9.17, 15) is 18.4 Å². The number of hydrogen-bond donors (Lipinski definition) is 2. The number of thioether (sulfide) groups is 1. The molecule has 0 aliphatic heterocycles. The van der Waals surface area contributed by atoms with Gasteiger partial charge in [-0.2, -0.15) is 0 Å². The van der Waals surface area contributed by atoms with Gasteiger partial charge in [0.15, 0.2) is 0 Å². The van der Waals surface area contributed by atoms with E-state index in [2.05, 4.69) is 10.6 Å². The average Bonchev–Trinajstić information content (AvgIpc) is 3.16. The fourth-order valence-electron chi connectivity index (χ4n) is 3.93. The molecule has 35 heavy (non-hydrogen) atoms. The largest absolute Gasteiger partial charge is 0.350 e. The smallest absolute Gasteiger partial charge is 0.251 e. The van der Waals surface area contributed by atoms with Gasteiger partial charge in [-0.3, -0.25) is 9.59 Å². The van der Waals surface area contributed by atoms with Crippen LogP contribution >= 0.6 is 11.8 Å². The van der Waals surface area contributed by atoms with Gasteiger partial charge in [-0.05, 0) is 44.2 Å². The lowest BCUT2D eigenvalue weighted by Gasteiger charge is -2.09. The van der Waals surface area contributed by atoms with E-state index in [1.165, 1.54) is 17.8 Å². The normalized spacial score (nSPS) is 11.0. The zero-order valence-corrected chi connectivity index (χ0v) is 20.2. The maximum absolute atomic E-state index is 13.8. The van der Waals surface area contributed by atoms with Crippen LogP contribution in [0.5, 0.6) is 0 Å². The summed E-state index contributed by atoms with van der Waals surface area (Å²) in [4.78, 5) is 25.8. The number of hydrogen-bond acceptors (Lipinski definition) is 3. The Morgan fingerprint density at radius 3 is 2.46 bits per heavy atom. The Balaban J connectivity index is 1.39. The molecular weight excluding hydrogens is 468 g/mol. The summed E-state index contributed by atoms with van der Waals surface area (Å²) in [7, 11) is 0. The van der Waals surface area contributed by atoms with Crippen LogP contribution in [0.25, 0.3) is 10.9 Å². The molecule has 0 saturated heterocycles. The van der Waals surface area contributed by atoms with E-state index in [-0.39, 0.29) is 17.3 Å². The zero-order valence-electron chi connectivity index (χ0n) is 19.4. The summed E-state index contributed by atoms with van der Waals surface area (Å²) in [6, 6.07) is 16.6. The van der Waals surface area contributed by atoms with Crippen molar-refractivity contribution in [3.05, 3.63) is 95.2 Å². The molecule has 0 saturated carbocycles. The average molecular weight is 494 g/mol. The number of nitrogens with one attached hydrogen (secondary N) is 2. The first kappa shape index (κ1) is 24.5. The molecule has 180 valence electrons. The summed E-state index contributed by atoms with van der Waals surface area (Å²) >= 11 is 1.33. The van der Waals surface area contributed by atoms with Crippen molar-refractivity contribution in [2.45, 2.75) is 25.3 Å². The SMILES string of the molecule is Cc1cc(C)cc(C(=O)NCCn2cc(SCC(=O)Nc3ccc(F)cc3F)c3ccccc32)c1. The summed E-state index contributed by atoms with van der Waals surface area (Å²) in [5.41, 5.74) is 3.65. The summed E-state index contributed by atoms with van der Waals surface area (Å²) in [6.07, 6.45) is 1.95. The molecular formula is C27H25F2N3O2S. The van der Waals surface area contributed by atoms with Crippen molar-refractivity contribution in [2.75, 3.05) is 17.6 Å². The van der Waals surface area contributed by atoms with Gasteiger partial charge in [-0.15, -0.1) is 11.8 Å². The number of aryl methyl sites for hydroxylation is 2. The first-order valence-electron chi connectivity index (χ1n) is 11.1. The highest BCUT2D eigenvalue weighted by Crippen LogP contribution is 2.30. The second kappa shape index (κ2) is 10.7. The number of amides is 2. The lowest BCUT2D eigenvalue weighted by molar-refractivity contribution is -0.113. The minimum Gasteiger partial charge on any atom is -0.350 e. The van der Waals surface area contributed by atoms with Crippen molar-refractivity contribution in [2.24, 2.45) is 0 Å². The predicted molar refractivity (Wildman–Crippen MR) is 136 cm³/mol. The van der Waals surface area contributed by atoms with E-state index in [1.54, 1.807) is 0 Å². The number of aromatic nitrogens is 1. The molecule has 2 amide bonds. The third-order valence-corrected chi connectivity index (χ3v) is 6.48. The number of halogens is 2. The lowest BCUT2D eigenvalue weighted by Crippen LogP contribution is -2.27. The molecule has 0 aliphatic carbocycles. The second-order valence-corrected chi connectivity index (χ2v) is 9.31. The molecule has 0 spiro atoms. The molecule has 1 aromatic heterocycles. The van der Waals surface area contributed by atoms with E-state index in [1.807, 2.05) is 67.1 Å². The van der Waals surface area contributed by atoms with Gasteiger partial charge in [-0.25, -0.2) is 8.78 Å². The third-order valence-electron chi connectivity index (χ3n) is 5.44. The molecule has 0 bridgehead atoms. The van der Waals surface area contributed by atoms with Gasteiger partial charge < -0.3 is 15.2 Å². The molecule has 0 aliphatic rings. The number of carbonyl (C=O) groups is 2. The first-order valence-corrected chi connectivity index (χ1v) is 12.1. The predicted octanol–water partition coefficient (Wildman–Crippen LogP) is 5.70. The Kier molecular flexibility index (Phi) is 7.51. The third kappa shape index (κ3) is 6.08. The van der Waals surface area contributed by atoms with Crippen LogP contribution in [-0.2, 0) is 11.3 Å². The number of para-hydroxylation sites is 1. The van der Waals surface area contributed by atoms with E-state index in [4.69, 9.17) is 0 Å².